The Morgan fingerprint density at radius 3 is 2.71 bits per heavy atom. The quantitative estimate of drug-likeness (QED) is 0.358. The van der Waals surface area contributed by atoms with E-state index in [2.05, 4.69) is 52.6 Å². The van der Waals surface area contributed by atoms with Crippen LogP contribution in [0, 0.1) is 0 Å². The molecule has 0 aromatic heterocycles. The number of benzene rings is 1. The highest BCUT2D eigenvalue weighted by Crippen LogP contribution is 2.18. The van der Waals surface area contributed by atoms with Crippen molar-refractivity contribution < 1.29 is 4.79 Å². The van der Waals surface area contributed by atoms with E-state index >= 15 is 0 Å². The Bertz CT molecular complexity index is 666. The van der Waals surface area contributed by atoms with Gasteiger partial charge < -0.3 is 15.5 Å². The van der Waals surface area contributed by atoms with E-state index in [1.165, 1.54) is 30.5 Å². The van der Waals surface area contributed by atoms with Crippen LogP contribution in [0.2, 0.25) is 0 Å². The van der Waals surface area contributed by atoms with Gasteiger partial charge in [0.05, 0.1) is 0 Å². The highest BCUT2D eigenvalue weighted by atomic mass is 127. The lowest BCUT2D eigenvalue weighted by molar-refractivity contribution is -0.130. The summed E-state index contributed by atoms with van der Waals surface area (Å²) in [5, 5.41) is 6.69. The lowest BCUT2D eigenvalue weighted by Gasteiger charge is -2.28. The number of carbonyl (C=O) groups is 1. The molecule has 2 aliphatic rings. The second kappa shape index (κ2) is 11.6. The molecule has 1 amide bonds. The van der Waals surface area contributed by atoms with Crippen LogP contribution in [-0.2, 0) is 17.8 Å². The molecule has 1 atom stereocenters. The van der Waals surface area contributed by atoms with Crippen molar-refractivity contribution in [1.29, 1.82) is 0 Å². The number of guanidine groups is 1. The molecular formula is C21H34IN5O. The maximum Gasteiger partial charge on any atom is 0.244 e. The standard InChI is InChI=1S/C21H33N5O.HI/c1-3-22-21(23-14-19-10-7-12-25(19)4-2)24-15-20(27)26-13-11-17-8-5-6-9-18(17)16-26;/h5-6,8-9,19H,3-4,7,10-16H2,1-2H3,(H2,22,23,24);1H. The first-order valence-electron chi connectivity index (χ1n) is 10.3. The molecular weight excluding hydrogens is 465 g/mol. The molecule has 0 saturated carbocycles. The lowest BCUT2D eigenvalue weighted by Crippen LogP contribution is -2.45. The maximum atomic E-state index is 12.6. The van der Waals surface area contributed by atoms with E-state index in [-0.39, 0.29) is 36.4 Å². The van der Waals surface area contributed by atoms with Gasteiger partial charge in [-0.1, -0.05) is 31.2 Å². The van der Waals surface area contributed by atoms with E-state index in [1.807, 2.05) is 11.0 Å². The Balaban J connectivity index is 0.00000280. The van der Waals surface area contributed by atoms with Crippen molar-refractivity contribution >= 4 is 35.8 Å². The normalized spacial score (nSPS) is 19.7. The maximum absolute atomic E-state index is 12.6. The number of aliphatic imine (C=N–C) groups is 1. The fourth-order valence-corrected chi connectivity index (χ4v) is 4.05. The average Bonchev–Trinajstić information content (AvgIpc) is 3.17. The predicted molar refractivity (Wildman–Crippen MR) is 125 cm³/mol. The number of halogens is 1. The van der Waals surface area contributed by atoms with E-state index in [9.17, 15) is 4.79 Å². The van der Waals surface area contributed by atoms with Gasteiger partial charge in [-0.05, 0) is 50.4 Å². The van der Waals surface area contributed by atoms with Gasteiger partial charge in [-0.15, -0.1) is 24.0 Å². The minimum absolute atomic E-state index is 0. The summed E-state index contributed by atoms with van der Waals surface area (Å²) in [6.07, 6.45) is 3.42. The van der Waals surface area contributed by atoms with E-state index in [0.717, 1.165) is 38.6 Å². The Kier molecular flexibility index (Phi) is 9.50. The van der Waals surface area contributed by atoms with Crippen molar-refractivity contribution in [2.24, 2.45) is 4.99 Å². The van der Waals surface area contributed by atoms with E-state index in [4.69, 9.17) is 0 Å². The van der Waals surface area contributed by atoms with Crippen LogP contribution in [0.3, 0.4) is 0 Å². The van der Waals surface area contributed by atoms with Gasteiger partial charge in [0.2, 0.25) is 5.91 Å². The fourth-order valence-electron chi connectivity index (χ4n) is 4.05. The van der Waals surface area contributed by atoms with Crippen LogP contribution in [0.1, 0.15) is 37.8 Å². The second-order valence-corrected chi connectivity index (χ2v) is 7.33. The smallest absolute Gasteiger partial charge is 0.244 e. The number of nitrogens with one attached hydrogen (secondary N) is 2. The number of fused-ring (bicyclic) bond motifs is 1. The number of likely N-dealkylation sites (N-methyl/N-ethyl adjacent to an activating group) is 1. The zero-order chi connectivity index (χ0) is 19.1. The largest absolute Gasteiger partial charge is 0.357 e. The van der Waals surface area contributed by atoms with Crippen LogP contribution in [-0.4, -0.2) is 67.0 Å². The monoisotopic (exact) mass is 499 g/mol. The van der Waals surface area contributed by atoms with Crippen LogP contribution >= 0.6 is 24.0 Å². The third-order valence-corrected chi connectivity index (χ3v) is 5.61. The predicted octanol–water partition coefficient (Wildman–Crippen LogP) is 2.23. The Hall–Kier alpha value is -1.35. The molecule has 28 heavy (non-hydrogen) atoms. The molecule has 156 valence electrons. The van der Waals surface area contributed by atoms with Gasteiger partial charge in [0, 0.05) is 32.2 Å². The molecule has 0 spiro atoms. The first-order chi connectivity index (χ1) is 13.2. The summed E-state index contributed by atoms with van der Waals surface area (Å²) < 4.78 is 0. The van der Waals surface area contributed by atoms with E-state index in [1.54, 1.807) is 0 Å². The van der Waals surface area contributed by atoms with Crippen molar-refractivity contribution in [3.63, 3.8) is 0 Å². The Labute approximate surface area is 186 Å². The van der Waals surface area contributed by atoms with Crippen molar-refractivity contribution in [3.05, 3.63) is 35.4 Å². The van der Waals surface area contributed by atoms with Gasteiger partial charge >= 0.3 is 0 Å². The fraction of sp³-hybridized carbons (Fsp3) is 0.619. The second-order valence-electron chi connectivity index (χ2n) is 7.33. The van der Waals surface area contributed by atoms with E-state index in [0.29, 0.717) is 12.6 Å². The Morgan fingerprint density at radius 2 is 1.96 bits per heavy atom. The molecule has 1 aromatic carbocycles. The van der Waals surface area contributed by atoms with Crippen LogP contribution in [0.4, 0.5) is 0 Å². The molecule has 0 aliphatic carbocycles. The van der Waals surface area contributed by atoms with Crippen LogP contribution in [0.25, 0.3) is 0 Å². The minimum atomic E-state index is 0. The van der Waals surface area contributed by atoms with Crippen LogP contribution < -0.4 is 10.6 Å². The van der Waals surface area contributed by atoms with Gasteiger partial charge in [0.1, 0.15) is 6.54 Å². The molecule has 3 rings (SSSR count). The molecule has 2 heterocycles. The minimum Gasteiger partial charge on any atom is -0.357 e. The van der Waals surface area contributed by atoms with Crippen LogP contribution in [0.5, 0.6) is 0 Å². The Morgan fingerprint density at radius 1 is 1.18 bits per heavy atom. The van der Waals surface area contributed by atoms with Crippen molar-refractivity contribution in [1.82, 2.24) is 20.4 Å². The number of hydrogen-bond donors (Lipinski definition) is 2. The summed E-state index contributed by atoms with van der Waals surface area (Å²) in [6.45, 7) is 9.89. The third kappa shape index (κ3) is 6.07. The van der Waals surface area contributed by atoms with Crippen LogP contribution in [0.15, 0.2) is 29.3 Å². The highest BCUT2D eigenvalue weighted by molar-refractivity contribution is 14.0. The summed E-state index contributed by atoms with van der Waals surface area (Å²) in [5.41, 5.74) is 2.61. The summed E-state index contributed by atoms with van der Waals surface area (Å²) >= 11 is 0. The number of likely N-dealkylation sites (tertiary alicyclic amines) is 1. The van der Waals surface area contributed by atoms with Crippen molar-refractivity contribution in [2.75, 3.05) is 39.3 Å². The molecule has 1 aromatic rings. The van der Waals surface area contributed by atoms with Gasteiger partial charge in [-0.2, -0.15) is 0 Å². The molecule has 0 bridgehead atoms. The average molecular weight is 499 g/mol. The summed E-state index contributed by atoms with van der Waals surface area (Å²) in [7, 11) is 0. The lowest BCUT2D eigenvalue weighted by atomic mass is 10.00. The molecule has 2 N–H and O–H groups in total. The van der Waals surface area contributed by atoms with Crippen molar-refractivity contribution in [3.8, 4) is 0 Å². The number of rotatable bonds is 6. The van der Waals surface area contributed by atoms with Gasteiger partial charge in [0.25, 0.3) is 0 Å². The van der Waals surface area contributed by atoms with Gasteiger partial charge in [0.15, 0.2) is 5.96 Å². The number of carbonyl (C=O) groups excluding carboxylic acids is 1. The van der Waals surface area contributed by atoms with Gasteiger partial charge in [-0.25, -0.2) is 4.99 Å². The highest BCUT2D eigenvalue weighted by Gasteiger charge is 2.23. The summed E-state index contributed by atoms with van der Waals surface area (Å²) in [4.78, 5) is 21.6. The molecule has 0 radical (unpaired) electrons. The van der Waals surface area contributed by atoms with E-state index < -0.39 is 0 Å². The number of amides is 1. The summed E-state index contributed by atoms with van der Waals surface area (Å²) in [6, 6.07) is 8.95. The van der Waals surface area contributed by atoms with Gasteiger partial charge in [-0.3, -0.25) is 9.69 Å². The zero-order valence-electron chi connectivity index (χ0n) is 17.1. The zero-order valence-corrected chi connectivity index (χ0v) is 19.4. The molecule has 1 fully saturated rings. The third-order valence-electron chi connectivity index (χ3n) is 5.61. The first-order valence-corrected chi connectivity index (χ1v) is 10.3. The molecule has 7 heteroatoms. The topological polar surface area (TPSA) is 60.0 Å². The molecule has 6 nitrogen and oxygen atoms in total. The first kappa shape index (κ1) is 22.9. The number of nitrogens with zero attached hydrogens (tertiary/aromatic N) is 3. The summed E-state index contributed by atoms with van der Waals surface area (Å²) in [5.74, 6) is 0.837. The SMILES string of the molecule is CCNC(=NCC(=O)N1CCc2ccccc2C1)NCC1CCCN1CC.I. The molecule has 1 unspecified atom stereocenters. The molecule has 1 saturated heterocycles. The van der Waals surface area contributed by atoms with Crippen molar-refractivity contribution in [2.45, 2.75) is 45.7 Å². The number of hydrogen-bond acceptors (Lipinski definition) is 3. The molecule has 2 aliphatic heterocycles.